The number of hydrogen-bond donors (Lipinski definition) is 1. The molecule has 0 fully saturated rings. The lowest BCUT2D eigenvalue weighted by Crippen LogP contribution is -2.12. The lowest BCUT2D eigenvalue weighted by Gasteiger charge is -2.10. The van der Waals surface area contributed by atoms with Gasteiger partial charge in [0.05, 0.1) is 10.6 Å². The summed E-state index contributed by atoms with van der Waals surface area (Å²) in [6, 6.07) is 18.5. The van der Waals surface area contributed by atoms with Crippen LogP contribution in [0.15, 0.2) is 60.7 Å². The molecule has 0 unspecified atom stereocenters. The summed E-state index contributed by atoms with van der Waals surface area (Å²) >= 11 is 11.9. The van der Waals surface area contributed by atoms with Gasteiger partial charge in [-0.3, -0.25) is 4.79 Å². The molecular formula is C17H11Cl2NO. The monoisotopic (exact) mass is 315 g/mol. The Bertz CT molecular complexity index is 825. The van der Waals surface area contributed by atoms with Gasteiger partial charge < -0.3 is 5.32 Å². The van der Waals surface area contributed by atoms with Crippen molar-refractivity contribution in [2.24, 2.45) is 0 Å². The molecular weight excluding hydrogens is 305 g/mol. The van der Waals surface area contributed by atoms with E-state index < -0.39 is 0 Å². The molecule has 1 amide bonds. The van der Waals surface area contributed by atoms with Gasteiger partial charge in [0.2, 0.25) is 0 Å². The summed E-state index contributed by atoms with van der Waals surface area (Å²) in [6.45, 7) is 0. The van der Waals surface area contributed by atoms with Crippen LogP contribution in [0.1, 0.15) is 10.4 Å². The average molecular weight is 316 g/mol. The third kappa shape index (κ3) is 2.87. The van der Waals surface area contributed by atoms with Gasteiger partial charge in [-0.1, -0.05) is 59.6 Å². The minimum atomic E-state index is -0.256. The van der Waals surface area contributed by atoms with E-state index >= 15 is 0 Å². The number of carbonyl (C=O) groups excluding carboxylic acids is 1. The maximum absolute atomic E-state index is 12.4. The number of amides is 1. The molecule has 0 aliphatic carbocycles. The van der Waals surface area contributed by atoms with Gasteiger partial charge in [-0.15, -0.1) is 0 Å². The van der Waals surface area contributed by atoms with Crippen LogP contribution in [-0.2, 0) is 0 Å². The van der Waals surface area contributed by atoms with E-state index in [0.29, 0.717) is 15.6 Å². The second-order valence-electron chi connectivity index (χ2n) is 4.61. The van der Waals surface area contributed by atoms with Gasteiger partial charge in [0, 0.05) is 16.1 Å². The summed E-state index contributed by atoms with van der Waals surface area (Å²) in [7, 11) is 0. The van der Waals surface area contributed by atoms with Crippen LogP contribution >= 0.6 is 23.2 Å². The van der Waals surface area contributed by atoms with E-state index in [9.17, 15) is 4.79 Å². The number of nitrogens with one attached hydrogen (secondary N) is 1. The summed E-state index contributed by atoms with van der Waals surface area (Å²) in [4.78, 5) is 12.4. The molecule has 0 aliphatic heterocycles. The van der Waals surface area contributed by atoms with Crippen molar-refractivity contribution in [1.29, 1.82) is 0 Å². The highest BCUT2D eigenvalue weighted by Crippen LogP contribution is 2.25. The van der Waals surface area contributed by atoms with E-state index in [4.69, 9.17) is 23.2 Å². The van der Waals surface area contributed by atoms with Gasteiger partial charge in [-0.25, -0.2) is 0 Å². The fourth-order valence-corrected chi connectivity index (χ4v) is 2.69. The first-order valence-electron chi connectivity index (χ1n) is 6.39. The van der Waals surface area contributed by atoms with Crippen LogP contribution in [-0.4, -0.2) is 5.91 Å². The Hall–Kier alpha value is -2.03. The van der Waals surface area contributed by atoms with Gasteiger partial charge in [0.1, 0.15) is 0 Å². The zero-order valence-corrected chi connectivity index (χ0v) is 12.4. The molecule has 0 saturated heterocycles. The van der Waals surface area contributed by atoms with E-state index in [1.807, 2.05) is 42.5 Å². The van der Waals surface area contributed by atoms with Crippen LogP contribution in [0.5, 0.6) is 0 Å². The van der Waals surface area contributed by atoms with E-state index in [1.54, 1.807) is 18.2 Å². The molecule has 3 rings (SSSR count). The molecule has 0 bridgehead atoms. The molecule has 2 nitrogen and oxygen atoms in total. The molecule has 21 heavy (non-hydrogen) atoms. The molecule has 0 aliphatic rings. The Morgan fingerprint density at radius 2 is 1.67 bits per heavy atom. The third-order valence-electron chi connectivity index (χ3n) is 3.21. The molecule has 0 heterocycles. The van der Waals surface area contributed by atoms with Crippen molar-refractivity contribution in [3.8, 4) is 0 Å². The quantitative estimate of drug-likeness (QED) is 0.674. The van der Waals surface area contributed by atoms with Crippen LogP contribution in [0.2, 0.25) is 10.0 Å². The SMILES string of the molecule is O=C(Nc1cccc2ccccc12)c1ccc(Cl)cc1Cl. The number of anilines is 1. The molecule has 104 valence electrons. The number of fused-ring (bicyclic) bond motifs is 1. The smallest absolute Gasteiger partial charge is 0.257 e. The second kappa shape index (κ2) is 5.76. The minimum absolute atomic E-state index is 0.256. The zero-order chi connectivity index (χ0) is 14.8. The summed E-state index contributed by atoms with van der Waals surface area (Å²) < 4.78 is 0. The maximum atomic E-state index is 12.4. The molecule has 4 heteroatoms. The van der Waals surface area contributed by atoms with E-state index in [2.05, 4.69) is 5.32 Å². The van der Waals surface area contributed by atoms with Crippen LogP contribution < -0.4 is 5.32 Å². The van der Waals surface area contributed by atoms with Crippen LogP contribution in [0.25, 0.3) is 10.8 Å². The summed E-state index contributed by atoms with van der Waals surface area (Å²) in [6.07, 6.45) is 0. The normalized spacial score (nSPS) is 10.6. The largest absolute Gasteiger partial charge is 0.321 e. The molecule has 0 radical (unpaired) electrons. The Kier molecular flexibility index (Phi) is 3.82. The number of halogens is 2. The van der Waals surface area contributed by atoms with Crippen molar-refractivity contribution in [3.05, 3.63) is 76.3 Å². The standard InChI is InChI=1S/C17H11Cl2NO/c18-12-8-9-14(15(19)10-12)17(21)20-16-7-3-5-11-4-1-2-6-13(11)16/h1-10H,(H,20,21). The lowest BCUT2D eigenvalue weighted by molar-refractivity contribution is 0.102. The van der Waals surface area contributed by atoms with Crippen molar-refractivity contribution < 1.29 is 4.79 Å². The van der Waals surface area contributed by atoms with Gasteiger partial charge in [-0.05, 0) is 29.7 Å². The highest BCUT2D eigenvalue weighted by atomic mass is 35.5. The second-order valence-corrected chi connectivity index (χ2v) is 5.45. The van der Waals surface area contributed by atoms with Gasteiger partial charge in [0.25, 0.3) is 5.91 Å². The van der Waals surface area contributed by atoms with Crippen LogP contribution in [0.4, 0.5) is 5.69 Å². The van der Waals surface area contributed by atoms with Crippen molar-refractivity contribution >= 4 is 45.6 Å². The third-order valence-corrected chi connectivity index (χ3v) is 3.76. The Morgan fingerprint density at radius 1 is 0.905 bits per heavy atom. The molecule has 0 saturated carbocycles. The first-order chi connectivity index (χ1) is 10.1. The fourth-order valence-electron chi connectivity index (χ4n) is 2.20. The van der Waals surface area contributed by atoms with Gasteiger partial charge in [0.15, 0.2) is 0 Å². The Morgan fingerprint density at radius 3 is 2.48 bits per heavy atom. The Balaban J connectivity index is 1.97. The van der Waals surface area contributed by atoms with Crippen LogP contribution in [0.3, 0.4) is 0 Å². The molecule has 0 aromatic heterocycles. The molecule has 1 N–H and O–H groups in total. The van der Waals surface area contributed by atoms with Crippen molar-refractivity contribution in [1.82, 2.24) is 0 Å². The predicted molar refractivity (Wildman–Crippen MR) is 88.4 cm³/mol. The number of carbonyl (C=O) groups is 1. The lowest BCUT2D eigenvalue weighted by atomic mass is 10.1. The molecule has 3 aromatic carbocycles. The topological polar surface area (TPSA) is 29.1 Å². The number of hydrogen-bond acceptors (Lipinski definition) is 1. The highest BCUT2D eigenvalue weighted by molar-refractivity contribution is 6.37. The molecule has 0 atom stereocenters. The first-order valence-corrected chi connectivity index (χ1v) is 7.15. The average Bonchev–Trinajstić information content (AvgIpc) is 2.47. The molecule has 3 aromatic rings. The van der Waals surface area contributed by atoms with Gasteiger partial charge in [-0.2, -0.15) is 0 Å². The summed E-state index contributed by atoms with van der Waals surface area (Å²) in [5.74, 6) is -0.256. The number of rotatable bonds is 2. The van der Waals surface area contributed by atoms with Crippen molar-refractivity contribution in [3.63, 3.8) is 0 Å². The van der Waals surface area contributed by atoms with Crippen molar-refractivity contribution in [2.45, 2.75) is 0 Å². The van der Waals surface area contributed by atoms with E-state index in [0.717, 1.165) is 16.5 Å². The van der Waals surface area contributed by atoms with Crippen molar-refractivity contribution in [2.75, 3.05) is 5.32 Å². The van der Waals surface area contributed by atoms with Gasteiger partial charge >= 0.3 is 0 Å². The zero-order valence-electron chi connectivity index (χ0n) is 10.9. The van der Waals surface area contributed by atoms with E-state index in [-0.39, 0.29) is 5.91 Å². The predicted octanol–water partition coefficient (Wildman–Crippen LogP) is 5.40. The maximum Gasteiger partial charge on any atom is 0.257 e. The first kappa shape index (κ1) is 13.9. The Labute approximate surface area is 132 Å². The fraction of sp³-hybridized carbons (Fsp3) is 0. The summed E-state index contributed by atoms with van der Waals surface area (Å²) in [5.41, 5.74) is 1.15. The van der Waals surface area contributed by atoms with E-state index in [1.165, 1.54) is 0 Å². The molecule has 0 spiro atoms. The highest BCUT2D eigenvalue weighted by Gasteiger charge is 2.12. The number of benzene rings is 3. The summed E-state index contributed by atoms with van der Waals surface area (Å²) in [5, 5.41) is 5.78. The minimum Gasteiger partial charge on any atom is -0.321 e. The van der Waals surface area contributed by atoms with Crippen LogP contribution in [0, 0.1) is 0 Å².